The summed E-state index contributed by atoms with van der Waals surface area (Å²) in [6, 6.07) is 0.240. The minimum absolute atomic E-state index is 0.0348. The number of nitrogens with zero attached hydrogens (tertiary/aromatic N) is 6. The number of carbonyl (C=O) groups excluding carboxylic acids is 1. The smallest absolute Gasteiger partial charge is 0.284 e. The van der Waals surface area contributed by atoms with Gasteiger partial charge in [-0.3, -0.25) is 9.48 Å². The van der Waals surface area contributed by atoms with Gasteiger partial charge in [0.2, 0.25) is 0 Å². The molecule has 0 aliphatic carbocycles. The van der Waals surface area contributed by atoms with E-state index < -0.39 is 36.4 Å². The highest BCUT2D eigenvalue weighted by Crippen LogP contribution is 2.30. The Labute approximate surface area is 167 Å². The number of alkyl halides is 4. The summed E-state index contributed by atoms with van der Waals surface area (Å²) < 4.78 is 56.0. The lowest BCUT2D eigenvalue weighted by Gasteiger charge is -2.37. The summed E-state index contributed by atoms with van der Waals surface area (Å²) in [5.41, 5.74) is 5.07. The number of anilines is 2. The first-order valence-corrected chi connectivity index (χ1v) is 9.01. The summed E-state index contributed by atoms with van der Waals surface area (Å²) in [5.74, 6) is -3.29. The maximum atomic E-state index is 13.7. The van der Waals surface area contributed by atoms with E-state index in [1.165, 1.54) is 34.8 Å². The molecule has 13 heteroatoms. The summed E-state index contributed by atoms with van der Waals surface area (Å²) in [6.45, 7) is -0.0494. The number of hydrogen-bond acceptors (Lipinski definition) is 6. The molecular weight excluding hydrogens is 408 g/mol. The summed E-state index contributed by atoms with van der Waals surface area (Å²) in [4.78, 5) is 18.6. The number of halogens is 4. The molecule has 3 aromatic rings. The van der Waals surface area contributed by atoms with Crippen molar-refractivity contribution in [3.05, 3.63) is 35.9 Å². The molecule has 1 atom stereocenters. The fourth-order valence-corrected chi connectivity index (χ4v) is 3.29. The highest BCUT2D eigenvalue weighted by Gasteiger charge is 2.42. The zero-order valence-corrected chi connectivity index (χ0v) is 15.8. The second-order valence-electron chi connectivity index (χ2n) is 7.03. The van der Waals surface area contributed by atoms with Gasteiger partial charge in [-0.05, 0) is 6.07 Å². The SMILES string of the molecule is Cn1cc(NC(=O)c2cnn3ccc(N4CCC(F)(F)C(N)C4)nc23)c(C(F)F)n1. The number of fused-ring (bicyclic) bond motifs is 1. The van der Waals surface area contributed by atoms with Crippen LogP contribution in [0.3, 0.4) is 0 Å². The Bertz CT molecular complexity index is 1090. The van der Waals surface area contributed by atoms with Gasteiger partial charge in [0.25, 0.3) is 18.3 Å². The second-order valence-corrected chi connectivity index (χ2v) is 7.03. The number of aromatic nitrogens is 5. The van der Waals surface area contributed by atoms with Gasteiger partial charge in [0.15, 0.2) is 11.3 Å². The molecular formula is C17H18F4N8O. The summed E-state index contributed by atoms with van der Waals surface area (Å²) >= 11 is 0. The molecule has 0 spiro atoms. The van der Waals surface area contributed by atoms with Crippen molar-refractivity contribution in [1.82, 2.24) is 24.4 Å². The highest BCUT2D eigenvalue weighted by atomic mass is 19.3. The zero-order chi connectivity index (χ0) is 21.6. The Hall–Kier alpha value is -3.22. The molecule has 4 heterocycles. The fraction of sp³-hybridized carbons (Fsp3) is 0.412. The van der Waals surface area contributed by atoms with Crippen molar-refractivity contribution in [2.24, 2.45) is 12.8 Å². The van der Waals surface area contributed by atoms with Crippen LogP contribution in [0.1, 0.15) is 28.9 Å². The number of piperidine rings is 1. The fourth-order valence-electron chi connectivity index (χ4n) is 3.29. The third kappa shape index (κ3) is 3.56. The van der Waals surface area contributed by atoms with Crippen molar-refractivity contribution in [2.45, 2.75) is 24.8 Å². The Morgan fingerprint density at radius 2 is 2.17 bits per heavy atom. The first kappa shape index (κ1) is 20.1. The van der Waals surface area contributed by atoms with Crippen LogP contribution in [0, 0.1) is 0 Å². The Balaban J connectivity index is 1.61. The molecule has 0 bridgehead atoms. The van der Waals surface area contributed by atoms with Crippen LogP contribution in [0.25, 0.3) is 5.65 Å². The van der Waals surface area contributed by atoms with Gasteiger partial charge in [-0.2, -0.15) is 10.2 Å². The number of nitrogens with two attached hydrogens (primary N) is 1. The van der Waals surface area contributed by atoms with Crippen molar-refractivity contribution >= 4 is 23.1 Å². The van der Waals surface area contributed by atoms with E-state index in [-0.39, 0.29) is 30.0 Å². The second kappa shape index (κ2) is 7.23. The molecule has 160 valence electrons. The van der Waals surface area contributed by atoms with Crippen LogP contribution in [0.2, 0.25) is 0 Å². The first-order valence-electron chi connectivity index (χ1n) is 9.01. The number of hydrogen-bond donors (Lipinski definition) is 2. The van der Waals surface area contributed by atoms with Crippen molar-refractivity contribution in [3.8, 4) is 0 Å². The van der Waals surface area contributed by atoms with E-state index >= 15 is 0 Å². The lowest BCUT2D eigenvalue weighted by atomic mass is 10.0. The van der Waals surface area contributed by atoms with Crippen molar-refractivity contribution < 1.29 is 22.4 Å². The monoisotopic (exact) mass is 426 g/mol. The molecule has 3 aromatic heterocycles. The molecule has 30 heavy (non-hydrogen) atoms. The normalized spacial score (nSPS) is 18.9. The van der Waals surface area contributed by atoms with Gasteiger partial charge < -0.3 is 16.0 Å². The minimum atomic E-state index is -2.95. The number of amides is 1. The van der Waals surface area contributed by atoms with E-state index in [1.807, 2.05) is 0 Å². The minimum Gasteiger partial charge on any atom is -0.354 e. The Morgan fingerprint density at radius 3 is 2.87 bits per heavy atom. The number of nitrogens with one attached hydrogen (secondary N) is 1. The summed E-state index contributed by atoms with van der Waals surface area (Å²) in [5, 5.41) is 10.1. The van der Waals surface area contributed by atoms with Gasteiger partial charge in [-0.15, -0.1) is 0 Å². The van der Waals surface area contributed by atoms with Crippen molar-refractivity contribution in [3.63, 3.8) is 0 Å². The third-order valence-electron chi connectivity index (χ3n) is 4.91. The first-order chi connectivity index (χ1) is 14.2. The van der Waals surface area contributed by atoms with E-state index in [0.717, 1.165) is 0 Å². The van der Waals surface area contributed by atoms with E-state index in [1.54, 1.807) is 11.0 Å². The molecule has 1 fully saturated rings. The Kier molecular flexibility index (Phi) is 4.84. The average molecular weight is 426 g/mol. The van der Waals surface area contributed by atoms with E-state index in [2.05, 4.69) is 20.5 Å². The van der Waals surface area contributed by atoms with Crippen LogP contribution in [-0.4, -0.2) is 55.3 Å². The molecule has 0 radical (unpaired) electrons. The number of rotatable bonds is 4. The largest absolute Gasteiger partial charge is 0.354 e. The summed E-state index contributed by atoms with van der Waals surface area (Å²) in [7, 11) is 1.46. The van der Waals surface area contributed by atoms with E-state index in [4.69, 9.17) is 5.73 Å². The van der Waals surface area contributed by atoms with Crippen LogP contribution in [0.4, 0.5) is 29.1 Å². The van der Waals surface area contributed by atoms with Gasteiger partial charge in [-0.25, -0.2) is 27.1 Å². The van der Waals surface area contributed by atoms with E-state index in [0.29, 0.717) is 5.82 Å². The number of aryl methyl sites for hydroxylation is 1. The molecule has 1 aliphatic rings. The average Bonchev–Trinajstić information content (AvgIpc) is 3.26. The zero-order valence-electron chi connectivity index (χ0n) is 15.8. The molecule has 3 N–H and O–H groups in total. The molecule has 1 aliphatic heterocycles. The molecule has 1 unspecified atom stereocenters. The van der Waals surface area contributed by atoms with Crippen molar-refractivity contribution in [2.75, 3.05) is 23.3 Å². The van der Waals surface area contributed by atoms with Crippen LogP contribution in [0.5, 0.6) is 0 Å². The molecule has 1 saturated heterocycles. The van der Waals surface area contributed by atoms with Crippen LogP contribution < -0.4 is 16.0 Å². The standard InChI is InChI=1S/C17H18F4N8O/c1-27-7-10(13(26-27)14(18)19)24-16(30)9-6-23-29-4-2-12(25-15(9)29)28-5-3-17(20,21)11(22)8-28/h2,4,6-7,11,14H,3,5,8,22H2,1H3,(H,24,30). The molecule has 9 nitrogen and oxygen atoms in total. The van der Waals surface area contributed by atoms with Gasteiger partial charge in [0.05, 0.1) is 17.9 Å². The maximum absolute atomic E-state index is 13.7. The molecule has 0 saturated carbocycles. The van der Waals surface area contributed by atoms with Crippen LogP contribution in [-0.2, 0) is 7.05 Å². The Morgan fingerprint density at radius 1 is 1.40 bits per heavy atom. The maximum Gasteiger partial charge on any atom is 0.284 e. The van der Waals surface area contributed by atoms with Crippen LogP contribution in [0.15, 0.2) is 24.7 Å². The molecule has 0 aromatic carbocycles. The lowest BCUT2D eigenvalue weighted by molar-refractivity contribution is -0.0394. The molecule has 1 amide bonds. The molecule has 4 rings (SSSR count). The van der Waals surface area contributed by atoms with Gasteiger partial charge >= 0.3 is 0 Å². The third-order valence-corrected chi connectivity index (χ3v) is 4.91. The topological polar surface area (TPSA) is 106 Å². The highest BCUT2D eigenvalue weighted by molar-refractivity contribution is 6.08. The predicted octanol–water partition coefficient (Wildman–Crippen LogP) is 1.83. The van der Waals surface area contributed by atoms with Crippen molar-refractivity contribution in [1.29, 1.82) is 0 Å². The van der Waals surface area contributed by atoms with Crippen LogP contribution >= 0.6 is 0 Å². The van der Waals surface area contributed by atoms with Gasteiger partial charge in [0.1, 0.15) is 11.4 Å². The van der Waals surface area contributed by atoms with E-state index in [9.17, 15) is 22.4 Å². The van der Waals surface area contributed by atoms with Gasteiger partial charge in [0, 0.05) is 39.0 Å². The predicted molar refractivity (Wildman–Crippen MR) is 98.9 cm³/mol. The van der Waals surface area contributed by atoms with Gasteiger partial charge in [-0.1, -0.05) is 0 Å². The lowest BCUT2D eigenvalue weighted by Crippen LogP contribution is -2.55. The summed E-state index contributed by atoms with van der Waals surface area (Å²) in [6.07, 6.45) is 0.762. The quantitative estimate of drug-likeness (QED) is 0.617. The number of carbonyl (C=O) groups is 1.